The van der Waals surface area contributed by atoms with Crippen molar-refractivity contribution in [3.8, 4) is 0 Å². The van der Waals surface area contributed by atoms with Gasteiger partial charge < -0.3 is 5.32 Å². The van der Waals surface area contributed by atoms with Gasteiger partial charge in [-0.15, -0.1) is 0 Å². The largest absolute Gasteiger partial charge is 0.306 e. The molecule has 3 heteroatoms. The molecule has 14 heavy (non-hydrogen) atoms. The molecule has 1 aromatic carbocycles. The Bertz CT molecular complexity index is 319. The van der Waals surface area contributed by atoms with Crippen LogP contribution in [0.3, 0.4) is 0 Å². The number of benzene rings is 1. The van der Waals surface area contributed by atoms with Crippen molar-refractivity contribution < 1.29 is 0 Å². The highest BCUT2D eigenvalue weighted by molar-refractivity contribution is 6.30. The molecule has 1 aliphatic rings. The van der Waals surface area contributed by atoms with Crippen LogP contribution in [-0.2, 0) is 0 Å². The number of quaternary nitrogens is 1. The Hall–Kier alpha value is -0.570. The number of nitrogens with zero attached hydrogens (tertiary/aromatic N) is 1. The van der Waals surface area contributed by atoms with Crippen molar-refractivity contribution in [2.75, 3.05) is 33.2 Å². The van der Waals surface area contributed by atoms with Crippen LogP contribution in [0.5, 0.6) is 0 Å². The minimum absolute atomic E-state index is 0.834. The van der Waals surface area contributed by atoms with Gasteiger partial charge in [-0.2, -0.15) is 0 Å². The van der Waals surface area contributed by atoms with E-state index in [-0.39, 0.29) is 0 Å². The van der Waals surface area contributed by atoms with Crippen molar-refractivity contribution in [3.05, 3.63) is 29.3 Å². The standard InChI is InChI=1S/C11H16ClN2/c1-14(7-5-13-6-8-14)11-4-2-3-10(12)9-11/h2-4,9,13H,5-8H2,1H3/q+1. The highest BCUT2D eigenvalue weighted by Gasteiger charge is 2.27. The summed E-state index contributed by atoms with van der Waals surface area (Å²) >= 11 is 6.00. The SMILES string of the molecule is C[N+]1(c2cccc(Cl)c2)CCNCC1. The summed E-state index contributed by atoms with van der Waals surface area (Å²) in [4.78, 5) is 0. The highest BCUT2D eigenvalue weighted by atomic mass is 35.5. The van der Waals surface area contributed by atoms with Crippen molar-refractivity contribution in [2.24, 2.45) is 0 Å². The summed E-state index contributed by atoms with van der Waals surface area (Å²) in [7, 11) is 2.27. The second-order valence-corrected chi connectivity index (χ2v) is 4.51. The fourth-order valence-electron chi connectivity index (χ4n) is 1.96. The molecule has 1 N–H and O–H groups in total. The zero-order valence-corrected chi connectivity index (χ0v) is 9.22. The number of hydrogen-bond donors (Lipinski definition) is 1. The van der Waals surface area contributed by atoms with Crippen LogP contribution in [0.4, 0.5) is 5.69 Å². The zero-order chi connectivity index (χ0) is 10.0. The van der Waals surface area contributed by atoms with Gasteiger partial charge in [0.2, 0.25) is 0 Å². The summed E-state index contributed by atoms with van der Waals surface area (Å²) in [6, 6.07) is 8.20. The van der Waals surface area contributed by atoms with Gasteiger partial charge in [0.25, 0.3) is 0 Å². The zero-order valence-electron chi connectivity index (χ0n) is 8.46. The van der Waals surface area contributed by atoms with Crippen LogP contribution < -0.4 is 9.80 Å². The quantitative estimate of drug-likeness (QED) is 0.700. The fourth-order valence-corrected chi connectivity index (χ4v) is 2.14. The smallest absolute Gasteiger partial charge is 0.134 e. The van der Waals surface area contributed by atoms with Gasteiger partial charge in [-0.05, 0) is 12.1 Å². The van der Waals surface area contributed by atoms with Gasteiger partial charge >= 0.3 is 0 Å². The van der Waals surface area contributed by atoms with Crippen LogP contribution in [0, 0.1) is 0 Å². The molecule has 0 spiro atoms. The first-order valence-corrected chi connectivity index (χ1v) is 5.40. The Morgan fingerprint density at radius 1 is 1.29 bits per heavy atom. The van der Waals surface area contributed by atoms with Crippen LogP contribution in [0.25, 0.3) is 0 Å². The lowest BCUT2D eigenvalue weighted by Crippen LogP contribution is -2.57. The van der Waals surface area contributed by atoms with Gasteiger partial charge in [0.15, 0.2) is 0 Å². The molecule has 0 saturated carbocycles. The maximum atomic E-state index is 6.00. The van der Waals surface area contributed by atoms with Crippen molar-refractivity contribution in [1.29, 1.82) is 0 Å². The summed E-state index contributed by atoms with van der Waals surface area (Å²) < 4.78 is 0.994. The van der Waals surface area contributed by atoms with E-state index in [1.54, 1.807) is 0 Å². The minimum atomic E-state index is 0.834. The van der Waals surface area contributed by atoms with Gasteiger partial charge in [-0.25, -0.2) is 0 Å². The van der Waals surface area contributed by atoms with Crippen LogP contribution in [0.15, 0.2) is 24.3 Å². The predicted octanol–water partition coefficient (Wildman–Crippen LogP) is 1.88. The molecule has 1 heterocycles. The molecule has 2 nitrogen and oxygen atoms in total. The summed E-state index contributed by atoms with van der Waals surface area (Å²) in [6.07, 6.45) is 0. The molecule has 0 unspecified atom stereocenters. The van der Waals surface area contributed by atoms with Gasteiger partial charge in [0.1, 0.15) is 5.69 Å². The van der Waals surface area contributed by atoms with E-state index in [1.807, 2.05) is 12.1 Å². The van der Waals surface area contributed by atoms with E-state index in [1.165, 1.54) is 5.69 Å². The number of likely N-dealkylation sites (N-methyl/N-ethyl adjacent to an activating group) is 1. The molecule has 0 bridgehead atoms. The van der Waals surface area contributed by atoms with Gasteiger partial charge in [-0.3, -0.25) is 4.48 Å². The molecule has 0 aliphatic carbocycles. The van der Waals surface area contributed by atoms with E-state index in [9.17, 15) is 0 Å². The average Bonchev–Trinajstić information content (AvgIpc) is 2.19. The van der Waals surface area contributed by atoms with Crippen LogP contribution in [-0.4, -0.2) is 33.2 Å². The average molecular weight is 212 g/mol. The van der Waals surface area contributed by atoms with Crippen molar-refractivity contribution in [1.82, 2.24) is 9.80 Å². The van der Waals surface area contributed by atoms with Crippen molar-refractivity contribution >= 4 is 17.3 Å². The van der Waals surface area contributed by atoms with E-state index in [4.69, 9.17) is 11.6 Å². The molecule has 0 radical (unpaired) electrons. The lowest BCUT2D eigenvalue weighted by atomic mass is 10.2. The molecule has 76 valence electrons. The minimum Gasteiger partial charge on any atom is -0.306 e. The van der Waals surface area contributed by atoms with Crippen LogP contribution in [0.1, 0.15) is 0 Å². The van der Waals surface area contributed by atoms with Gasteiger partial charge in [0.05, 0.1) is 20.1 Å². The van der Waals surface area contributed by atoms with E-state index >= 15 is 0 Å². The Morgan fingerprint density at radius 3 is 2.64 bits per heavy atom. The molecule has 0 aromatic heterocycles. The molecular formula is C11H16ClN2+. The summed E-state index contributed by atoms with van der Waals surface area (Å²) in [5, 5.41) is 4.21. The molecule has 1 fully saturated rings. The summed E-state index contributed by atoms with van der Waals surface area (Å²) in [5.74, 6) is 0. The molecular weight excluding hydrogens is 196 g/mol. The normalized spacial score (nSPS) is 20.7. The number of nitrogens with one attached hydrogen (secondary N) is 1. The highest BCUT2D eigenvalue weighted by Crippen LogP contribution is 2.24. The molecule has 2 rings (SSSR count). The Balaban J connectivity index is 2.28. The number of piperazine rings is 1. The van der Waals surface area contributed by atoms with Gasteiger partial charge in [-0.1, -0.05) is 17.7 Å². The van der Waals surface area contributed by atoms with E-state index < -0.39 is 0 Å². The Morgan fingerprint density at radius 2 is 2.00 bits per heavy atom. The summed E-state index contributed by atoms with van der Waals surface area (Å²) in [5.41, 5.74) is 1.32. The van der Waals surface area contributed by atoms with Crippen molar-refractivity contribution in [3.63, 3.8) is 0 Å². The fraction of sp³-hybridized carbons (Fsp3) is 0.455. The predicted molar refractivity (Wildman–Crippen MR) is 61.8 cm³/mol. The molecule has 1 saturated heterocycles. The molecule has 1 aliphatic heterocycles. The first kappa shape index (κ1) is 9.97. The molecule has 0 amide bonds. The maximum Gasteiger partial charge on any atom is 0.134 e. The Labute approximate surface area is 90.1 Å². The number of hydrogen-bond acceptors (Lipinski definition) is 1. The number of halogens is 1. The van der Waals surface area contributed by atoms with Crippen molar-refractivity contribution in [2.45, 2.75) is 0 Å². The third-order valence-electron chi connectivity index (χ3n) is 3.00. The third kappa shape index (κ3) is 1.92. The molecule has 1 aromatic rings. The maximum absolute atomic E-state index is 6.00. The van der Waals surface area contributed by atoms with E-state index in [0.29, 0.717) is 0 Å². The van der Waals surface area contributed by atoms with Gasteiger partial charge in [0, 0.05) is 24.2 Å². The second-order valence-electron chi connectivity index (χ2n) is 4.07. The number of rotatable bonds is 1. The topological polar surface area (TPSA) is 12.0 Å². The summed E-state index contributed by atoms with van der Waals surface area (Å²) in [6.45, 7) is 4.45. The first-order valence-electron chi connectivity index (χ1n) is 5.02. The van der Waals surface area contributed by atoms with Crippen LogP contribution >= 0.6 is 11.6 Å². The van der Waals surface area contributed by atoms with Crippen LogP contribution in [0.2, 0.25) is 5.02 Å². The lowest BCUT2D eigenvalue weighted by Gasteiger charge is -2.37. The monoisotopic (exact) mass is 211 g/mol. The first-order chi connectivity index (χ1) is 6.71. The lowest BCUT2D eigenvalue weighted by molar-refractivity contribution is 0.288. The van der Waals surface area contributed by atoms with E-state index in [0.717, 1.165) is 35.7 Å². The second kappa shape index (κ2) is 3.89. The third-order valence-corrected chi connectivity index (χ3v) is 3.23. The molecule has 0 atom stereocenters. The van der Waals surface area contributed by atoms with E-state index in [2.05, 4.69) is 24.5 Å². The Kier molecular flexibility index (Phi) is 2.77.